The van der Waals surface area contributed by atoms with Crippen molar-refractivity contribution in [2.24, 2.45) is 0 Å². The van der Waals surface area contributed by atoms with Crippen molar-refractivity contribution in [1.29, 1.82) is 0 Å². The summed E-state index contributed by atoms with van der Waals surface area (Å²) in [7, 11) is 3.44. The average Bonchev–Trinajstić information content (AvgIpc) is 2.61. The molecule has 0 fully saturated rings. The lowest BCUT2D eigenvalue weighted by molar-refractivity contribution is 0.0784. The van der Waals surface area contributed by atoms with Crippen LogP contribution in [0.5, 0.6) is 11.5 Å². The maximum absolute atomic E-state index is 12.6. The largest absolute Gasteiger partial charge is 0.486 e. The maximum atomic E-state index is 12.6. The van der Waals surface area contributed by atoms with Gasteiger partial charge in [0.1, 0.15) is 13.2 Å². The van der Waals surface area contributed by atoms with Crippen molar-refractivity contribution in [2.45, 2.75) is 13.2 Å². The highest BCUT2D eigenvalue weighted by Crippen LogP contribution is 2.31. The topological polar surface area (TPSA) is 48.0 Å². The molecular formula is C19H21NO4. The van der Waals surface area contributed by atoms with Gasteiger partial charge in [-0.15, -0.1) is 0 Å². The molecule has 0 bridgehead atoms. The quantitative estimate of drug-likeness (QED) is 0.847. The van der Waals surface area contributed by atoms with Crippen molar-refractivity contribution in [2.75, 3.05) is 27.4 Å². The van der Waals surface area contributed by atoms with Crippen LogP contribution in [0.4, 0.5) is 0 Å². The van der Waals surface area contributed by atoms with Crippen molar-refractivity contribution in [3.8, 4) is 11.5 Å². The van der Waals surface area contributed by atoms with Crippen molar-refractivity contribution < 1.29 is 19.0 Å². The molecule has 1 aliphatic rings. The van der Waals surface area contributed by atoms with Gasteiger partial charge < -0.3 is 19.1 Å². The van der Waals surface area contributed by atoms with Gasteiger partial charge in [-0.05, 0) is 35.4 Å². The second-order valence-electron chi connectivity index (χ2n) is 5.77. The zero-order chi connectivity index (χ0) is 16.9. The highest BCUT2D eigenvalue weighted by Gasteiger charge is 2.15. The van der Waals surface area contributed by atoms with Gasteiger partial charge in [0.2, 0.25) is 0 Å². The van der Waals surface area contributed by atoms with E-state index in [1.807, 2.05) is 42.5 Å². The average molecular weight is 327 g/mol. The molecular weight excluding hydrogens is 306 g/mol. The summed E-state index contributed by atoms with van der Waals surface area (Å²) in [6.07, 6.45) is 0. The second kappa shape index (κ2) is 7.36. The summed E-state index contributed by atoms with van der Waals surface area (Å²) < 4.78 is 16.2. The molecule has 2 aromatic carbocycles. The summed E-state index contributed by atoms with van der Waals surface area (Å²) in [4.78, 5) is 14.3. The van der Waals surface area contributed by atoms with E-state index in [-0.39, 0.29) is 5.91 Å². The third kappa shape index (κ3) is 3.68. The second-order valence-corrected chi connectivity index (χ2v) is 5.77. The van der Waals surface area contributed by atoms with Gasteiger partial charge in [0.25, 0.3) is 5.91 Å². The highest BCUT2D eigenvalue weighted by atomic mass is 16.6. The minimum atomic E-state index is -0.0251. The molecule has 3 rings (SSSR count). The molecule has 0 unspecified atom stereocenters. The molecule has 5 nitrogen and oxygen atoms in total. The van der Waals surface area contributed by atoms with Gasteiger partial charge in [-0.2, -0.15) is 0 Å². The van der Waals surface area contributed by atoms with E-state index >= 15 is 0 Å². The summed E-state index contributed by atoms with van der Waals surface area (Å²) in [6.45, 7) is 2.12. The van der Waals surface area contributed by atoms with Crippen molar-refractivity contribution in [3.05, 3.63) is 59.2 Å². The number of carbonyl (C=O) groups excluding carboxylic acids is 1. The lowest BCUT2D eigenvalue weighted by atomic mass is 10.1. The summed E-state index contributed by atoms with van der Waals surface area (Å²) in [5, 5.41) is 0. The summed E-state index contributed by atoms with van der Waals surface area (Å²) in [5.41, 5.74) is 2.64. The molecule has 0 spiro atoms. The van der Waals surface area contributed by atoms with Crippen LogP contribution in [0.25, 0.3) is 0 Å². The van der Waals surface area contributed by atoms with Crippen molar-refractivity contribution in [3.63, 3.8) is 0 Å². The minimum absolute atomic E-state index is 0.0251. The SMILES string of the molecule is COCc1cccc(C(=O)N(C)Cc2ccc3c(c2)OCCO3)c1. The van der Waals surface area contributed by atoms with E-state index in [2.05, 4.69) is 0 Å². The number of ether oxygens (including phenoxy) is 3. The van der Waals surface area contributed by atoms with Crippen LogP contribution < -0.4 is 9.47 Å². The molecule has 0 saturated carbocycles. The smallest absolute Gasteiger partial charge is 0.253 e. The number of hydrogen-bond acceptors (Lipinski definition) is 4. The Morgan fingerprint density at radius 1 is 1.08 bits per heavy atom. The lowest BCUT2D eigenvalue weighted by Crippen LogP contribution is -2.26. The number of fused-ring (bicyclic) bond motifs is 1. The molecule has 0 N–H and O–H groups in total. The van der Waals surface area contributed by atoms with Crippen LogP contribution in [-0.2, 0) is 17.9 Å². The number of methoxy groups -OCH3 is 1. The molecule has 0 atom stereocenters. The van der Waals surface area contributed by atoms with E-state index in [4.69, 9.17) is 14.2 Å². The Morgan fingerprint density at radius 3 is 2.67 bits per heavy atom. The molecule has 2 aromatic rings. The number of nitrogens with zero attached hydrogens (tertiary/aromatic N) is 1. The van der Waals surface area contributed by atoms with Crippen LogP contribution >= 0.6 is 0 Å². The van der Waals surface area contributed by atoms with E-state index in [0.717, 1.165) is 22.6 Å². The molecule has 1 amide bonds. The standard InChI is InChI=1S/C19H21NO4/c1-20(19(21)16-5-3-4-15(10-16)13-22-2)12-14-6-7-17-18(11-14)24-9-8-23-17/h3-7,10-11H,8-9,12-13H2,1-2H3. The van der Waals surface area contributed by atoms with Crippen LogP contribution in [0.2, 0.25) is 0 Å². The Balaban J connectivity index is 1.71. The fourth-order valence-electron chi connectivity index (χ4n) is 2.71. The van der Waals surface area contributed by atoms with Gasteiger partial charge >= 0.3 is 0 Å². The van der Waals surface area contributed by atoms with Gasteiger partial charge in [0.05, 0.1) is 6.61 Å². The number of carbonyl (C=O) groups is 1. The normalized spacial score (nSPS) is 12.8. The van der Waals surface area contributed by atoms with Gasteiger partial charge in [-0.25, -0.2) is 0 Å². The highest BCUT2D eigenvalue weighted by molar-refractivity contribution is 5.94. The van der Waals surface area contributed by atoms with Crippen molar-refractivity contribution in [1.82, 2.24) is 4.90 Å². The molecule has 0 radical (unpaired) electrons. The van der Waals surface area contributed by atoms with E-state index in [1.165, 1.54) is 0 Å². The van der Waals surface area contributed by atoms with E-state index in [1.54, 1.807) is 19.1 Å². The summed E-state index contributed by atoms with van der Waals surface area (Å²) in [6, 6.07) is 13.3. The first-order chi connectivity index (χ1) is 11.7. The van der Waals surface area contributed by atoms with E-state index < -0.39 is 0 Å². The number of benzene rings is 2. The van der Waals surface area contributed by atoms with Crippen LogP contribution in [0.15, 0.2) is 42.5 Å². The Bertz CT molecular complexity index is 729. The molecule has 0 saturated heterocycles. The van der Waals surface area contributed by atoms with Crippen LogP contribution in [0.1, 0.15) is 21.5 Å². The van der Waals surface area contributed by atoms with Crippen LogP contribution in [0, 0.1) is 0 Å². The van der Waals surface area contributed by atoms with E-state index in [0.29, 0.717) is 31.9 Å². The number of amides is 1. The molecule has 5 heteroatoms. The molecule has 0 aromatic heterocycles. The first-order valence-electron chi connectivity index (χ1n) is 7.89. The lowest BCUT2D eigenvalue weighted by Gasteiger charge is -2.21. The van der Waals surface area contributed by atoms with Gasteiger partial charge in [-0.1, -0.05) is 18.2 Å². The van der Waals surface area contributed by atoms with Crippen LogP contribution in [-0.4, -0.2) is 38.2 Å². The molecule has 126 valence electrons. The first-order valence-corrected chi connectivity index (χ1v) is 7.89. The zero-order valence-electron chi connectivity index (χ0n) is 14.0. The fourth-order valence-corrected chi connectivity index (χ4v) is 2.71. The number of rotatable bonds is 5. The fraction of sp³-hybridized carbons (Fsp3) is 0.316. The Hall–Kier alpha value is -2.53. The van der Waals surface area contributed by atoms with Gasteiger partial charge in [0, 0.05) is 26.3 Å². The molecule has 1 heterocycles. The number of hydrogen-bond donors (Lipinski definition) is 0. The van der Waals surface area contributed by atoms with Gasteiger partial charge in [0.15, 0.2) is 11.5 Å². The summed E-state index contributed by atoms with van der Waals surface area (Å²) >= 11 is 0. The van der Waals surface area contributed by atoms with E-state index in [9.17, 15) is 4.79 Å². The molecule has 24 heavy (non-hydrogen) atoms. The minimum Gasteiger partial charge on any atom is -0.486 e. The maximum Gasteiger partial charge on any atom is 0.253 e. The monoisotopic (exact) mass is 327 g/mol. The van der Waals surface area contributed by atoms with Crippen LogP contribution in [0.3, 0.4) is 0 Å². The predicted octanol–water partition coefficient (Wildman–Crippen LogP) is 2.88. The molecule has 0 aliphatic carbocycles. The third-order valence-corrected chi connectivity index (χ3v) is 3.86. The van der Waals surface area contributed by atoms with Gasteiger partial charge in [-0.3, -0.25) is 4.79 Å². The summed E-state index contributed by atoms with van der Waals surface area (Å²) in [5.74, 6) is 1.47. The predicted molar refractivity (Wildman–Crippen MR) is 90.4 cm³/mol. The zero-order valence-corrected chi connectivity index (χ0v) is 14.0. The molecule has 1 aliphatic heterocycles. The van der Waals surface area contributed by atoms with Crippen molar-refractivity contribution >= 4 is 5.91 Å². The third-order valence-electron chi connectivity index (χ3n) is 3.86. The Morgan fingerprint density at radius 2 is 1.88 bits per heavy atom. The first kappa shape index (κ1) is 16.3. The Labute approximate surface area is 141 Å². The Kier molecular flexibility index (Phi) is 5.01.